The predicted molar refractivity (Wildman–Crippen MR) is 56.5 cm³/mol. The summed E-state index contributed by atoms with van der Waals surface area (Å²) in [5.74, 6) is 0.453. The van der Waals surface area contributed by atoms with E-state index in [0.717, 1.165) is 11.0 Å². The second-order valence-corrected chi connectivity index (χ2v) is 4.04. The van der Waals surface area contributed by atoms with Gasteiger partial charge in [-0.3, -0.25) is 0 Å². The molecule has 3 heteroatoms. The van der Waals surface area contributed by atoms with Crippen molar-refractivity contribution in [1.82, 2.24) is 5.32 Å². The Kier molecular flexibility index (Phi) is 1.83. The third-order valence-corrected chi connectivity index (χ3v) is 2.97. The maximum Gasteiger partial charge on any atom is 0.181 e. The highest BCUT2D eigenvalue weighted by molar-refractivity contribution is 5.77. The van der Waals surface area contributed by atoms with Crippen LogP contribution < -0.4 is 5.32 Å². The lowest BCUT2D eigenvalue weighted by Gasteiger charge is -2.13. The van der Waals surface area contributed by atoms with Crippen LogP contribution in [0.15, 0.2) is 34.7 Å². The molecule has 0 radical (unpaired) electrons. The van der Waals surface area contributed by atoms with Crippen molar-refractivity contribution in [3.63, 3.8) is 0 Å². The third kappa shape index (κ3) is 1.35. The first-order valence-electron chi connectivity index (χ1n) is 5.17. The standard InChI is InChI=1S/C12H12FNO/c13-12(5-6-14-8-12)11-7-9-3-1-2-4-10(9)15-11/h1-4,7,14H,5-6,8H2. The fourth-order valence-corrected chi connectivity index (χ4v) is 2.07. The van der Waals surface area contributed by atoms with Gasteiger partial charge in [0.1, 0.15) is 11.3 Å². The van der Waals surface area contributed by atoms with E-state index in [-0.39, 0.29) is 0 Å². The van der Waals surface area contributed by atoms with Gasteiger partial charge in [-0.2, -0.15) is 0 Å². The zero-order chi connectivity index (χ0) is 10.3. The molecule has 0 aliphatic carbocycles. The molecule has 1 unspecified atom stereocenters. The molecule has 1 aliphatic rings. The monoisotopic (exact) mass is 205 g/mol. The van der Waals surface area contributed by atoms with Crippen LogP contribution in [0, 0.1) is 0 Å². The normalized spacial score (nSPS) is 26.2. The Morgan fingerprint density at radius 1 is 1.33 bits per heavy atom. The number of fused-ring (bicyclic) bond motifs is 1. The van der Waals surface area contributed by atoms with Gasteiger partial charge in [-0.05, 0) is 18.7 Å². The Hall–Kier alpha value is -1.35. The van der Waals surface area contributed by atoms with Crippen molar-refractivity contribution >= 4 is 11.0 Å². The first kappa shape index (κ1) is 8.92. The van der Waals surface area contributed by atoms with E-state index < -0.39 is 5.67 Å². The van der Waals surface area contributed by atoms with Crippen LogP contribution in [-0.4, -0.2) is 13.1 Å². The van der Waals surface area contributed by atoms with E-state index in [1.165, 1.54) is 0 Å². The number of halogens is 1. The summed E-state index contributed by atoms with van der Waals surface area (Å²) in [6, 6.07) is 9.44. The predicted octanol–water partition coefficient (Wildman–Crippen LogP) is 2.59. The minimum absolute atomic E-state index is 0.354. The average molecular weight is 205 g/mol. The van der Waals surface area contributed by atoms with Crippen molar-refractivity contribution in [2.45, 2.75) is 12.1 Å². The molecule has 78 valence electrons. The Bertz CT molecular complexity index is 452. The topological polar surface area (TPSA) is 25.2 Å². The SMILES string of the molecule is FC1(c2cc3ccccc3o2)CCNC1. The van der Waals surface area contributed by atoms with Crippen LogP contribution in [0.25, 0.3) is 11.0 Å². The molecule has 1 N–H and O–H groups in total. The van der Waals surface area contributed by atoms with Gasteiger partial charge < -0.3 is 9.73 Å². The molecule has 2 aromatic rings. The van der Waals surface area contributed by atoms with Crippen molar-refractivity contribution in [3.8, 4) is 0 Å². The molecule has 1 atom stereocenters. The van der Waals surface area contributed by atoms with E-state index in [2.05, 4.69) is 5.32 Å². The zero-order valence-electron chi connectivity index (χ0n) is 8.29. The molecule has 0 amide bonds. The van der Waals surface area contributed by atoms with Crippen molar-refractivity contribution in [1.29, 1.82) is 0 Å². The summed E-state index contributed by atoms with van der Waals surface area (Å²) in [6.07, 6.45) is 0.493. The summed E-state index contributed by atoms with van der Waals surface area (Å²) < 4.78 is 19.9. The maximum atomic E-state index is 14.3. The fourth-order valence-electron chi connectivity index (χ4n) is 2.07. The van der Waals surface area contributed by atoms with Crippen molar-refractivity contribution < 1.29 is 8.81 Å². The van der Waals surface area contributed by atoms with Crippen LogP contribution in [-0.2, 0) is 5.67 Å². The maximum absolute atomic E-state index is 14.3. The van der Waals surface area contributed by atoms with Gasteiger partial charge in [0.05, 0.1) is 0 Å². The third-order valence-electron chi connectivity index (χ3n) is 2.97. The quantitative estimate of drug-likeness (QED) is 0.774. The number of hydrogen-bond donors (Lipinski definition) is 1. The molecule has 15 heavy (non-hydrogen) atoms. The minimum atomic E-state index is -1.32. The summed E-state index contributed by atoms with van der Waals surface area (Å²) in [6.45, 7) is 1.07. The molecule has 1 saturated heterocycles. The van der Waals surface area contributed by atoms with Gasteiger partial charge in [0.15, 0.2) is 5.67 Å². The summed E-state index contributed by atoms with van der Waals surface area (Å²) >= 11 is 0. The number of para-hydroxylation sites is 1. The van der Waals surface area contributed by atoms with E-state index in [1.54, 1.807) is 0 Å². The minimum Gasteiger partial charge on any atom is -0.458 e. The summed E-state index contributed by atoms with van der Waals surface area (Å²) in [5, 5.41) is 3.99. The lowest BCUT2D eigenvalue weighted by molar-refractivity contribution is 0.158. The number of hydrogen-bond acceptors (Lipinski definition) is 2. The molecule has 1 fully saturated rings. The van der Waals surface area contributed by atoms with Crippen molar-refractivity contribution in [2.24, 2.45) is 0 Å². The highest BCUT2D eigenvalue weighted by Gasteiger charge is 2.38. The molecule has 2 heterocycles. The molecule has 3 rings (SSSR count). The molecule has 0 spiro atoms. The molecular weight excluding hydrogens is 193 g/mol. The van der Waals surface area contributed by atoms with E-state index in [0.29, 0.717) is 25.3 Å². The first-order chi connectivity index (χ1) is 7.28. The fraction of sp³-hybridized carbons (Fsp3) is 0.333. The summed E-state index contributed by atoms with van der Waals surface area (Å²) in [4.78, 5) is 0. The van der Waals surface area contributed by atoms with Gasteiger partial charge in [-0.25, -0.2) is 4.39 Å². The summed E-state index contributed by atoms with van der Waals surface area (Å²) in [7, 11) is 0. The van der Waals surface area contributed by atoms with Crippen LogP contribution in [0.5, 0.6) is 0 Å². The average Bonchev–Trinajstić information content (AvgIpc) is 2.84. The number of rotatable bonds is 1. The number of benzene rings is 1. The summed E-state index contributed by atoms with van der Waals surface area (Å²) in [5.41, 5.74) is -0.560. The first-order valence-corrected chi connectivity index (χ1v) is 5.17. The van der Waals surface area contributed by atoms with Crippen LogP contribution in [0.4, 0.5) is 4.39 Å². The Balaban J connectivity index is 2.11. The zero-order valence-corrected chi connectivity index (χ0v) is 8.29. The van der Waals surface area contributed by atoms with Crippen molar-refractivity contribution in [2.75, 3.05) is 13.1 Å². The van der Waals surface area contributed by atoms with E-state index in [4.69, 9.17) is 4.42 Å². The second-order valence-electron chi connectivity index (χ2n) is 4.04. The Morgan fingerprint density at radius 3 is 2.93 bits per heavy atom. The molecular formula is C12H12FNO. The van der Waals surface area contributed by atoms with Gasteiger partial charge in [0.2, 0.25) is 0 Å². The molecule has 1 aromatic heterocycles. The van der Waals surface area contributed by atoms with Crippen LogP contribution >= 0.6 is 0 Å². The van der Waals surface area contributed by atoms with Crippen LogP contribution in [0.3, 0.4) is 0 Å². The molecule has 0 bridgehead atoms. The number of alkyl halides is 1. The van der Waals surface area contributed by atoms with Gasteiger partial charge >= 0.3 is 0 Å². The van der Waals surface area contributed by atoms with Gasteiger partial charge in [-0.1, -0.05) is 18.2 Å². The van der Waals surface area contributed by atoms with Gasteiger partial charge in [-0.15, -0.1) is 0 Å². The van der Waals surface area contributed by atoms with Crippen molar-refractivity contribution in [3.05, 3.63) is 36.1 Å². The lowest BCUT2D eigenvalue weighted by Crippen LogP contribution is -2.22. The number of nitrogens with one attached hydrogen (secondary N) is 1. The smallest absolute Gasteiger partial charge is 0.181 e. The van der Waals surface area contributed by atoms with E-state index >= 15 is 0 Å². The molecule has 2 nitrogen and oxygen atoms in total. The van der Waals surface area contributed by atoms with Gasteiger partial charge in [0.25, 0.3) is 0 Å². The van der Waals surface area contributed by atoms with Crippen LogP contribution in [0.1, 0.15) is 12.2 Å². The Labute approximate surface area is 87.1 Å². The Morgan fingerprint density at radius 2 is 2.20 bits per heavy atom. The molecule has 1 aromatic carbocycles. The number of furan rings is 1. The second kappa shape index (κ2) is 3.07. The lowest BCUT2D eigenvalue weighted by atomic mass is 10.0. The molecule has 0 saturated carbocycles. The van der Waals surface area contributed by atoms with E-state index in [9.17, 15) is 4.39 Å². The largest absolute Gasteiger partial charge is 0.458 e. The highest BCUT2D eigenvalue weighted by Crippen LogP contribution is 2.35. The van der Waals surface area contributed by atoms with Gasteiger partial charge in [0, 0.05) is 18.4 Å². The van der Waals surface area contributed by atoms with Crippen LogP contribution in [0.2, 0.25) is 0 Å². The highest BCUT2D eigenvalue weighted by atomic mass is 19.1. The molecule has 1 aliphatic heterocycles. The van der Waals surface area contributed by atoms with E-state index in [1.807, 2.05) is 30.3 Å².